The number of rotatable bonds is 5. The van der Waals surface area contributed by atoms with Crippen molar-refractivity contribution in [3.05, 3.63) is 30.1 Å². The standard InChI is InChI=1S/C20H30N4O3.2ClH/c1-15(25)18(21)19(27)23-12-8-20(9-13-23)7-5-17(26)24(14-20)11-6-16-4-2-3-10-22-16;;/h2-4,10,15,18,25H,5-9,11-14,21H2,1H3;2*1H/t15-,18+;;/m0../s1. The molecule has 2 atom stereocenters. The minimum Gasteiger partial charge on any atom is -0.391 e. The second kappa shape index (κ2) is 11.1. The van der Waals surface area contributed by atoms with Gasteiger partial charge in [-0.15, -0.1) is 24.8 Å². The molecule has 7 nitrogen and oxygen atoms in total. The zero-order chi connectivity index (χ0) is 19.4. The fourth-order valence-electron chi connectivity index (χ4n) is 4.13. The summed E-state index contributed by atoms with van der Waals surface area (Å²) in [4.78, 5) is 32.8. The molecular weight excluding hydrogens is 415 g/mol. The molecule has 2 amide bonds. The average molecular weight is 447 g/mol. The minimum absolute atomic E-state index is 0. The van der Waals surface area contributed by atoms with E-state index in [1.165, 1.54) is 0 Å². The predicted octanol–water partition coefficient (Wildman–Crippen LogP) is 1.41. The van der Waals surface area contributed by atoms with Crippen molar-refractivity contribution < 1.29 is 14.7 Å². The average Bonchev–Trinajstić information content (AvgIpc) is 2.69. The summed E-state index contributed by atoms with van der Waals surface area (Å²) in [7, 11) is 0. The van der Waals surface area contributed by atoms with Crippen molar-refractivity contribution in [2.75, 3.05) is 26.2 Å². The monoisotopic (exact) mass is 446 g/mol. The topological polar surface area (TPSA) is 99.8 Å². The number of pyridine rings is 1. The molecule has 3 N–H and O–H groups in total. The van der Waals surface area contributed by atoms with Crippen molar-refractivity contribution in [1.82, 2.24) is 14.8 Å². The number of piperidine rings is 2. The lowest BCUT2D eigenvalue weighted by Crippen LogP contribution is -2.56. The highest BCUT2D eigenvalue weighted by atomic mass is 35.5. The van der Waals surface area contributed by atoms with Gasteiger partial charge in [-0.3, -0.25) is 14.6 Å². The van der Waals surface area contributed by atoms with Crippen LogP contribution in [0.15, 0.2) is 24.4 Å². The quantitative estimate of drug-likeness (QED) is 0.711. The molecule has 1 aromatic heterocycles. The molecule has 0 saturated carbocycles. The summed E-state index contributed by atoms with van der Waals surface area (Å²) in [5.74, 6) is 0.0323. The number of aromatic nitrogens is 1. The van der Waals surface area contributed by atoms with Gasteiger partial charge in [-0.25, -0.2) is 0 Å². The van der Waals surface area contributed by atoms with Gasteiger partial charge in [0, 0.05) is 50.9 Å². The number of hydrogen-bond acceptors (Lipinski definition) is 5. The maximum atomic E-state index is 12.4. The molecule has 3 rings (SSSR count). The Kier molecular flexibility index (Phi) is 9.82. The van der Waals surface area contributed by atoms with Crippen LogP contribution in [0.4, 0.5) is 0 Å². The number of carbonyl (C=O) groups excluding carboxylic acids is 2. The van der Waals surface area contributed by atoms with Crippen LogP contribution in [0.2, 0.25) is 0 Å². The molecule has 3 heterocycles. The van der Waals surface area contributed by atoms with Gasteiger partial charge < -0.3 is 20.6 Å². The zero-order valence-electron chi connectivity index (χ0n) is 16.8. The Hall–Kier alpha value is -1.41. The fraction of sp³-hybridized carbons (Fsp3) is 0.650. The van der Waals surface area contributed by atoms with Crippen LogP contribution in [0.25, 0.3) is 0 Å². The van der Waals surface area contributed by atoms with Crippen LogP contribution in [0, 0.1) is 5.41 Å². The highest BCUT2D eigenvalue weighted by Crippen LogP contribution is 2.40. The maximum Gasteiger partial charge on any atom is 0.242 e. The lowest BCUT2D eigenvalue weighted by Gasteiger charge is -2.47. The molecule has 0 aliphatic carbocycles. The van der Waals surface area contributed by atoms with Crippen LogP contribution in [0.5, 0.6) is 0 Å². The first kappa shape index (κ1) is 25.6. The molecule has 2 aliphatic heterocycles. The van der Waals surface area contributed by atoms with Gasteiger partial charge in [0.2, 0.25) is 11.8 Å². The fourth-order valence-corrected chi connectivity index (χ4v) is 4.13. The summed E-state index contributed by atoms with van der Waals surface area (Å²) < 4.78 is 0. The van der Waals surface area contributed by atoms with E-state index in [0.717, 1.165) is 37.9 Å². The van der Waals surface area contributed by atoms with Gasteiger partial charge in [0.05, 0.1) is 6.10 Å². The number of likely N-dealkylation sites (tertiary alicyclic amines) is 2. The van der Waals surface area contributed by atoms with Crippen LogP contribution in [0.1, 0.15) is 38.3 Å². The Morgan fingerprint density at radius 3 is 2.55 bits per heavy atom. The van der Waals surface area contributed by atoms with Gasteiger partial charge in [0.1, 0.15) is 6.04 Å². The predicted molar refractivity (Wildman–Crippen MR) is 116 cm³/mol. The number of aliphatic hydroxyl groups is 1. The number of nitrogens with two attached hydrogens (primary N) is 1. The molecule has 0 unspecified atom stereocenters. The smallest absolute Gasteiger partial charge is 0.242 e. The number of nitrogens with zero attached hydrogens (tertiary/aromatic N) is 3. The third-order valence-electron chi connectivity index (χ3n) is 6.05. The van der Waals surface area contributed by atoms with Crippen molar-refractivity contribution in [3.63, 3.8) is 0 Å². The first-order valence-electron chi connectivity index (χ1n) is 9.80. The van der Waals surface area contributed by atoms with E-state index >= 15 is 0 Å². The lowest BCUT2D eigenvalue weighted by atomic mass is 9.72. The number of hydrogen-bond donors (Lipinski definition) is 2. The largest absolute Gasteiger partial charge is 0.391 e. The summed E-state index contributed by atoms with van der Waals surface area (Å²) in [6, 6.07) is 4.98. The Morgan fingerprint density at radius 1 is 1.28 bits per heavy atom. The first-order valence-corrected chi connectivity index (χ1v) is 9.80. The molecule has 1 aromatic rings. The molecule has 2 saturated heterocycles. The highest BCUT2D eigenvalue weighted by molar-refractivity contribution is 5.85. The summed E-state index contributed by atoms with van der Waals surface area (Å²) in [6.45, 7) is 4.26. The van der Waals surface area contributed by atoms with Gasteiger partial charge in [-0.05, 0) is 43.7 Å². The first-order chi connectivity index (χ1) is 12.9. The molecule has 9 heteroatoms. The zero-order valence-corrected chi connectivity index (χ0v) is 18.5. The molecule has 2 aliphatic rings. The van der Waals surface area contributed by atoms with Crippen LogP contribution in [0.3, 0.4) is 0 Å². The molecule has 0 radical (unpaired) electrons. The van der Waals surface area contributed by atoms with Crippen LogP contribution >= 0.6 is 24.8 Å². The van der Waals surface area contributed by atoms with Gasteiger partial charge >= 0.3 is 0 Å². The normalized spacial score (nSPS) is 20.4. The number of carbonyl (C=O) groups is 2. The summed E-state index contributed by atoms with van der Waals surface area (Å²) in [5.41, 5.74) is 6.88. The van der Waals surface area contributed by atoms with E-state index in [1.54, 1.807) is 18.0 Å². The Balaban J connectivity index is 0.00000210. The molecule has 1 spiro atoms. The molecule has 164 valence electrons. The molecule has 0 aromatic carbocycles. The number of aliphatic hydroxyl groups excluding tert-OH is 1. The third kappa shape index (κ3) is 6.28. The number of amides is 2. The van der Waals surface area contributed by atoms with E-state index in [-0.39, 0.29) is 42.0 Å². The molecule has 0 bridgehead atoms. The van der Waals surface area contributed by atoms with Crippen LogP contribution in [-0.4, -0.2) is 70.0 Å². The molecular formula is C20H32Cl2N4O3. The Labute approximate surface area is 184 Å². The van der Waals surface area contributed by atoms with Gasteiger partial charge in [-0.2, -0.15) is 0 Å². The summed E-state index contributed by atoms with van der Waals surface area (Å²) >= 11 is 0. The maximum absolute atomic E-state index is 12.4. The number of halogens is 2. The summed E-state index contributed by atoms with van der Waals surface area (Å²) in [6.07, 6.45) is 4.90. The van der Waals surface area contributed by atoms with E-state index in [1.807, 2.05) is 23.1 Å². The van der Waals surface area contributed by atoms with Gasteiger partial charge in [0.15, 0.2) is 0 Å². The van der Waals surface area contributed by atoms with Gasteiger partial charge in [-0.1, -0.05) is 6.07 Å². The van der Waals surface area contributed by atoms with Crippen LogP contribution in [-0.2, 0) is 16.0 Å². The molecule has 2 fully saturated rings. The molecule has 29 heavy (non-hydrogen) atoms. The highest BCUT2D eigenvalue weighted by Gasteiger charge is 2.42. The van der Waals surface area contributed by atoms with E-state index in [0.29, 0.717) is 26.1 Å². The van der Waals surface area contributed by atoms with Crippen molar-refractivity contribution in [2.45, 2.75) is 51.2 Å². The van der Waals surface area contributed by atoms with Crippen LogP contribution < -0.4 is 5.73 Å². The van der Waals surface area contributed by atoms with Crippen molar-refractivity contribution in [3.8, 4) is 0 Å². The van der Waals surface area contributed by atoms with E-state index in [2.05, 4.69) is 4.98 Å². The SMILES string of the molecule is C[C@H](O)[C@@H](N)C(=O)N1CCC2(CCC(=O)N(CCc3ccccn3)C2)CC1.Cl.Cl. The lowest BCUT2D eigenvalue weighted by molar-refractivity contribution is -0.143. The minimum atomic E-state index is -0.859. The Morgan fingerprint density at radius 2 is 1.97 bits per heavy atom. The van der Waals surface area contributed by atoms with Crippen molar-refractivity contribution in [1.29, 1.82) is 0 Å². The van der Waals surface area contributed by atoms with Crippen molar-refractivity contribution in [2.24, 2.45) is 11.1 Å². The Bertz CT molecular complexity index is 667. The van der Waals surface area contributed by atoms with Crippen molar-refractivity contribution >= 4 is 36.6 Å². The second-order valence-corrected chi connectivity index (χ2v) is 7.98. The van der Waals surface area contributed by atoms with Gasteiger partial charge in [0.25, 0.3) is 0 Å². The van der Waals surface area contributed by atoms with E-state index in [9.17, 15) is 14.7 Å². The third-order valence-corrected chi connectivity index (χ3v) is 6.05. The second-order valence-electron chi connectivity index (χ2n) is 7.98. The van der Waals surface area contributed by atoms with E-state index in [4.69, 9.17) is 5.73 Å². The summed E-state index contributed by atoms with van der Waals surface area (Å²) in [5, 5.41) is 9.56. The van der Waals surface area contributed by atoms with E-state index < -0.39 is 12.1 Å².